The molecule has 0 spiro atoms. The molecule has 1 saturated heterocycles. The fourth-order valence-corrected chi connectivity index (χ4v) is 2.05. The molecule has 2 heterocycles. The molecule has 2 N–H and O–H groups in total. The Morgan fingerprint density at radius 1 is 1.81 bits per heavy atom. The van der Waals surface area contributed by atoms with Gasteiger partial charge in [-0.3, -0.25) is 9.48 Å². The molecule has 6 heteroatoms. The van der Waals surface area contributed by atoms with Gasteiger partial charge in [0.2, 0.25) is 5.78 Å². The number of aromatic nitrogens is 2. The highest BCUT2D eigenvalue weighted by molar-refractivity contribution is 6.34. The number of ether oxygens (including phenoxy) is 1. The molecule has 16 heavy (non-hydrogen) atoms. The van der Waals surface area contributed by atoms with Gasteiger partial charge in [0.15, 0.2) is 0 Å². The van der Waals surface area contributed by atoms with Crippen LogP contribution in [0, 0.1) is 0 Å². The van der Waals surface area contributed by atoms with Crippen molar-refractivity contribution < 1.29 is 9.53 Å². The predicted molar refractivity (Wildman–Crippen MR) is 59.6 cm³/mol. The van der Waals surface area contributed by atoms with E-state index in [0.29, 0.717) is 30.3 Å². The third kappa shape index (κ3) is 1.75. The highest BCUT2D eigenvalue weighted by Gasteiger charge is 2.41. The number of halogens is 1. The van der Waals surface area contributed by atoms with Gasteiger partial charge >= 0.3 is 0 Å². The van der Waals surface area contributed by atoms with E-state index in [2.05, 4.69) is 5.10 Å². The Balaban J connectivity index is 2.36. The maximum atomic E-state index is 12.3. The minimum atomic E-state index is -0.948. The normalized spacial score (nSPS) is 24.9. The molecule has 2 rings (SSSR count). The fourth-order valence-electron chi connectivity index (χ4n) is 1.82. The molecule has 0 radical (unpaired) electrons. The Kier molecular flexibility index (Phi) is 3.01. The highest BCUT2D eigenvalue weighted by atomic mass is 35.5. The van der Waals surface area contributed by atoms with Crippen LogP contribution in [0.5, 0.6) is 0 Å². The summed E-state index contributed by atoms with van der Waals surface area (Å²) in [5.74, 6) is -0.186. The van der Waals surface area contributed by atoms with Gasteiger partial charge in [0.25, 0.3) is 0 Å². The second-order valence-corrected chi connectivity index (χ2v) is 4.35. The van der Waals surface area contributed by atoms with Crippen LogP contribution in [0.1, 0.15) is 23.8 Å². The van der Waals surface area contributed by atoms with Crippen LogP contribution in [0.2, 0.25) is 5.02 Å². The SMILES string of the molecule is CCn1ncc(Cl)c1C(=O)C1(N)CCOC1. The average molecular weight is 244 g/mol. The zero-order valence-corrected chi connectivity index (χ0v) is 9.83. The molecular weight excluding hydrogens is 230 g/mol. The summed E-state index contributed by atoms with van der Waals surface area (Å²) in [5.41, 5.74) is 5.45. The number of nitrogens with zero attached hydrogens (tertiary/aromatic N) is 2. The van der Waals surface area contributed by atoms with E-state index in [9.17, 15) is 4.79 Å². The summed E-state index contributed by atoms with van der Waals surface area (Å²) in [7, 11) is 0. The van der Waals surface area contributed by atoms with Crippen molar-refractivity contribution >= 4 is 17.4 Å². The van der Waals surface area contributed by atoms with E-state index in [1.165, 1.54) is 6.20 Å². The maximum Gasteiger partial charge on any atom is 0.204 e. The Hall–Kier alpha value is -0.910. The molecule has 1 aliphatic rings. The molecule has 0 saturated carbocycles. The van der Waals surface area contributed by atoms with Crippen molar-refractivity contribution in [2.45, 2.75) is 25.4 Å². The van der Waals surface area contributed by atoms with Crippen LogP contribution in [0.25, 0.3) is 0 Å². The van der Waals surface area contributed by atoms with Crippen LogP contribution in [0.4, 0.5) is 0 Å². The van der Waals surface area contributed by atoms with E-state index in [0.717, 1.165) is 0 Å². The number of hydrogen-bond acceptors (Lipinski definition) is 4. The van der Waals surface area contributed by atoms with Gasteiger partial charge in [0, 0.05) is 13.2 Å². The second-order valence-electron chi connectivity index (χ2n) is 3.94. The monoisotopic (exact) mass is 243 g/mol. The van der Waals surface area contributed by atoms with Crippen molar-refractivity contribution in [1.82, 2.24) is 9.78 Å². The number of rotatable bonds is 3. The minimum absolute atomic E-state index is 0.186. The Morgan fingerprint density at radius 3 is 3.12 bits per heavy atom. The molecule has 1 fully saturated rings. The number of nitrogens with two attached hydrogens (primary N) is 1. The molecule has 1 aliphatic heterocycles. The average Bonchev–Trinajstić information content (AvgIpc) is 2.85. The molecule has 0 aromatic carbocycles. The lowest BCUT2D eigenvalue weighted by atomic mass is 9.92. The van der Waals surface area contributed by atoms with Gasteiger partial charge in [-0.1, -0.05) is 11.6 Å². The van der Waals surface area contributed by atoms with Gasteiger partial charge in [0.1, 0.15) is 11.2 Å². The van der Waals surface area contributed by atoms with Crippen molar-refractivity contribution in [3.05, 3.63) is 16.9 Å². The summed E-state index contributed by atoms with van der Waals surface area (Å²) < 4.78 is 6.74. The summed E-state index contributed by atoms with van der Waals surface area (Å²) in [4.78, 5) is 12.3. The Morgan fingerprint density at radius 2 is 2.56 bits per heavy atom. The molecule has 0 amide bonds. The van der Waals surface area contributed by atoms with E-state index in [1.807, 2.05) is 6.92 Å². The first-order chi connectivity index (χ1) is 7.58. The van der Waals surface area contributed by atoms with Crippen molar-refractivity contribution in [2.75, 3.05) is 13.2 Å². The molecule has 1 unspecified atom stereocenters. The van der Waals surface area contributed by atoms with Gasteiger partial charge < -0.3 is 10.5 Å². The summed E-state index contributed by atoms with van der Waals surface area (Å²) in [6, 6.07) is 0. The third-order valence-corrected chi connectivity index (χ3v) is 3.09. The van der Waals surface area contributed by atoms with E-state index in [1.54, 1.807) is 4.68 Å². The quantitative estimate of drug-likeness (QED) is 0.800. The lowest BCUT2D eigenvalue weighted by Crippen LogP contribution is -2.49. The summed E-state index contributed by atoms with van der Waals surface area (Å²) in [5, 5.41) is 4.38. The molecule has 1 atom stereocenters. The van der Waals surface area contributed by atoms with Crippen molar-refractivity contribution in [2.24, 2.45) is 5.73 Å². The molecule has 88 valence electrons. The molecule has 0 aliphatic carbocycles. The lowest BCUT2D eigenvalue weighted by Gasteiger charge is -2.20. The van der Waals surface area contributed by atoms with Crippen LogP contribution in [-0.4, -0.2) is 34.3 Å². The number of carbonyl (C=O) groups is 1. The molecule has 1 aromatic heterocycles. The summed E-state index contributed by atoms with van der Waals surface area (Å²) in [6.45, 7) is 3.25. The standard InChI is InChI=1S/C10H14ClN3O2/c1-2-14-8(7(11)5-13-14)9(15)10(12)3-4-16-6-10/h5H,2-4,6,12H2,1H3. The Labute approximate surface area is 98.5 Å². The fraction of sp³-hybridized carbons (Fsp3) is 0.600. The number of aryl methyl sites for hydroxylation is 1. The van der Waals surface area contributed by atoms with E-state index in [-0.39, 0.29) is 12.4 Å². The van der Waals surface area contributed by atoms with Gasteiger partial charge in [-0.25, -0.2) is 0 Å². The smallest absolute Gasteiger partial charge is 0.204 e. The van der Waals surface area contributed by atoms with Crippen LogP contribution in [-0.2, 0) is 11.3 Å². The van der Waals surface area contributed by atoms with Crippen molar-refractivity contribution in [3.8, 4) is 0 Å². The van der Waals surface area contributed by atoms with Crippen LogP contribution < -0.4 is 5.73 Å². The predicted octanol–water partition coefficient (Wildman–Crippen LogP) is 0.857. The maximum absolute atomic E-state index is 12.3. The van der Waals surface area contributed by atoms with Gasteiger partial charge in [0.05, 0.1) is 17.8 Å². The van der Waals surface area contributed by atoms with E-state index >= 15 is 0 Å². The molecule has 1 aromatic rings. The first kappa shape index (κ1) is 11.6. The highest BCUT2D eigenvalue weighted by Crippen LogP contribution is 2.25. The van der Waals surface area contributed by atoms with Crippen molar-refractivity contribution in [1.29, 1.82) is 0 Å². The molecule has 0 bridgehead atoms. The van der Waals surface area contributed by atoms with Gasteiger partial charge in [-0.15, -0.1) is 0 Å². The number of carbonyl (C=O) groups excluding carboxylic acids is 1. The number of hydrogen-bond donors (Lipinski definition) is 1. The number of ketones is 1. The van der Waals surface area contributed by atoms with Crippen LogP contribution in [0.3, 0.4) is 0 Å². The largest absolute Gasteiger partial charge is 0.379 e. The molecular formula is C10H14ClN3O2. The zero-order valence-electron chi connectivity index (χ0n) is 9.07. The number of Topliss-reactive ketones (excluding diaryl/α,β-unsaturated/α-hetero) is 1. The van der Waals surface area contributed by atoms with Crippen molar-refractivity contribution in [3.63, 3.8) is 0 Å². The lowest BCUT2D eigenvalue weighted by molar-refractivity contribution is 0.0852. The van der Waals surface area contributed by atoms with E-state index < -0.39 is 5.54 Å². The Bertz CT molecular complexity index is 410. The van der Waals surface area contributed by atoms with E-state index in [4.69, 9.17) is 22.1 Å². The minimum Gasteiger partial charge on any atom is -0.379 e. The zero-order chi connectivity index (χ0) is 11.8. The summed E-state index contributed by atoms with van der Waals surface area (Å²) >= 11 is 5.96. The second kappa shape index (κ2) is 4.16. The van der Waals surface area contributed by atoms with Gasteiger partial charge in [-0.2, -0.15) is 5.10 Å². The summed E-state index contributed by atoms with van der Waals surface area (Å²) in [6.07, 6.45) is 1.99. The first-order valence-electron chi connectivity index (χ1n) is 5.21. The third-order valence-electron chi connectivity index (χ3n) is 2.81. The van der Waals surface area contributed by atoms with Crippen LogP contribution >= 0.6 is 11.6 Å². The first-order valence-corrected chi connectivity index (χ1v) is 5.59. The molecule has 5 nitrogen and oxygen atoms in total. The van der Waals surface area contributed by atoms with Gasteiger partial charge in [-0.05, 0) is 13.3 Å². The van der Waals surface area contributed by atoms with Crippen LogP contribution in [0.15, 0.2) is 6.20 Å². The topological polar surface area (TPSA) is 70.1 Å².